The number of amides is 1. The van der Waals surface area contributed by atoms with E-state index in [4.69, 9.17) is 18.0 Å². The van der Waals surface area contributed by atoms with E-state index in [1.54, 1.807) is 0 Å². The first-order valence-electron chi connectivity index (χ1n) is 6.60. The average Bonchev–Trinajstić information content (AvgIpc) is 2.39. The van der Waals surface area contributed by atoms with Gasteiger partial charge in [0, 0.05) is 6.54 Å². The van der Waals surface area contributed by atoms with E-state index in [1.165, 1.54) is 5.56 Å². The SMILES string of the molecule is CCC(CC)(C(=O)NCc1ccc(C)cc1)C(N)=S. The molecule has 0 saturated heterocycles. The van der Waals surface area contributed by atoms with E-state index in [2.05, 4.69) is 5.32 Å². The highest BCUT2D eigenvalue weighted by Crippen LogP contribution is 2.27. The van der Waals surface area contributed by atoms with Gasteiger partial charge in [-0.05, 0) is 25.3 Å². The third kappa shape index (κ3) is 3.53. The molecule has 0 aliphatic rings. The molecule has 3 nitrogen and oxygen atoms in total. The molecular weight excluding hydrogens is 256 g/mol. The number of aryl methyl sites for hydroxylation is 1. The molecule has 0 bridgehead atoms. The zero-order valence-corrected chi connectivity index (χ0v) is 12.6. The fourth-order valence-electron chi connectivity index (χ4n) is 2.09. The predicted molar refractivity (Wildman–Crippen MR) is 82.8 cm³/mol. The lowest BCUT2D eigenvalue weighted by atomic mass is 9.81. The molecule has 0 atom stereocenters. The maximum Gasteiger partial charge on any atom is 0.233 e. The minimum atomic E-state index is -0.722. The number of nitrogens with two attached hydrogens (primary N) is 1. The van der Waals surface area contributed by atoms with E-state index in [0.717, 1.165) is 5.56 Å². The minimum Gasteiger partial charge on any atom is -0.392 e. The van der Waals surface area contributed by atoms with Crippen LogP contribution in [0.3, 0.4) is 0 Å². The van der Waals surface area contributed by atoms with Crippen LogP contribution in [0.2, 0.25) is 0 Å². The molecule has 1 aromatic carbocycles. The highest BCUT2D eigenvalue weighted by molar-refractivity contribution is 7.80. The van der Waals surface area contributed by atoms with Crippen molar-refractivity contribution in [2.45, 2.75) is 40.2 Å². The Balaban J connectivity index is 2.73. The summed E-state index contributed by atoms with van der Waals surface area (Å²) in [6.45, 7) is 6.42. The Hall–Kier alpha value is -1.42. The van der Waals surface area contributed by atoms with Crippen molar-refractivity contribution in [1.82, 2.24) is 5.32 Å². The van der Waals surface area contributed by atoms with Gasteiger partial charge in [0.05, 0.1) is 10.4 Å². The molecule has 0 heterocycles. The van der Waals surface area contributed by atoms with Gasteiger partial charge in [0.2, 0.25) is 5.91 Å². The van der Waals surface area contributed by atoms with Crippen LogP contribution in [0.4, 0.5) is 0 Å². The van der Waals surface area contributed by atoms with Gasteiger partial charge in [-0.25, -0.2) is 0 Å². The van der Waals surface area contributed by atoms with Crippen LogP contribution in [0.1, 0.15) is 37.8 Å². The third-order valence-corrected chi connectivity index (χ3v) is 4.08. The highest BCUT2D eigenvalue weighted by atomic mass is 32.1. The average molecular weight is 278 g/mol. The first kappa shape index (κ1) is 15.6. The zero-order valence-electron chi connectivity index (χ0n) is 11.8. The first-order chi connectivity index (χ1) is 8.96. The normalized spacial score (nSPS) is 11.1. The molecule has 0 saturated carbocycles. The molecule has 0 spiro atoms. The van der Waals surface area contributed by atoms with Crippen molar-refractivity contribution in [3.8, 4) is 0 Å². The fraction of sp³-hybridized carbons (Fsp3) is 0.467. The molecule has 0 radical (unpaired) electrons. The largest absolute Gasteiger partial charge is 0.392 e. The quantitative estimate of drug-likeness (QED) is 0.787. The van der Waals surface area contributed by atoms with E-state index in [0.29, 0.717) is 19.4 Å². The predicted octanol–water partition coefficient (Wildman–Crippen LogP) is 2.70. The van der Waals surface area contributed by atoms with Crippen molar-refractivity contribution < 1.29 is 4.79 Å². The molecule has 0 aliphatic carbocycles. The molecular formula is C15H22N2OS. The van der Waals surface area contributed by atoms with Gasteiger partial charge in [-0.15, -0.1) is 0 Å². The molecule has 19 heavy (non-hydrogen) atoms. The zero-order chi connectivity index (χ0) is 14.5. The number of hydrogen-bond donors (Lipinski definition) is 2. The van der Waals surface area contributed by atoms with Gasteiger partial charge in [-0.2, -0.15) is 0 Å². The molecule has 1 aromatic rings. The summed E-state index contributed by atoms with van der Waals surface area (Å²) in [6, 6.07) is 8.08. The summed E-state index contributed by atoms with van der Waals surface area (Å²) in [4.78, 5) is 12.6. The number of nitrogens with one attached hydrogen (secondary N) is 1. The summed E-state index contributed by atoms with van der Waals surface area (Å²) in [5.74, 6) is -0.0782. The third-order valence-electron chi connectivity index (χ3n) is 3.69. The van der Waals surface area contributed by atoms with Gasteiger partial charge in [0.15, 0.2) is 0 Å². The molecule has 104 valence electrons. The van der Waals surface area contributed by atoms with Crippen LogP contribution in [-0.2, 0) is 11.3 Å². The van der Waals surface area contributed by atoms with Crippen LogP contribution in [0.15, 0.2) is 24.3 Å². The first-order valence-corrected chi connectivity index (χ1v) is 7.00. The Morgan fingerprint density at radius 1 is 1.26 bits per heavy atom. The van der Waals surface area contributed by atoms with E-state index < -0.39 is 5.41 Å². The lowest BCUT2D eigenvalue weighted by molar-refractivity contribution is -0.128. The number of rotatable bonds is 6. The van der Waals surface area contributed by atoms with Crippen LogP contribution in [0, 0.1) is 12.3 Å². The molecule has 0 fully saturated rings. The molecule has 4 heteroatoms. The lowest BCUT2D eigenvalue weighted by Gasteiger charge is -2.28. The molecule has 0 unspecified atom stereocenters. The molecule has 1 rings (SSSR count). The standard InChI is InChI=1S/C15H22N2OS/c1-4-15(5-2,13(16)19)14(18)17-10-12-8-6-11(3)7-9-12/h6-9H,4-5,10H2,1-3H3,(H2,16,19)(H,17,18). The number of benzene rings is 1. The molecule has 3 N–H and O–H groups in total. The van der Waals surface area contributed by atoms with Gasteiger partial charge in [0.1, 0.15) is 0 Å². The smallest absolute Gasteiger partial charge is 0.233 e. The van der Waals surface area contributed by atoms with E-state index in [9.17, 15) is 4.79 Å². The second-order valence-electron chi connectivity index (χ2n) is 4.82. The van der Waals surface area contributed by atoms with E-state index in [-0.39, 0.29) is 10.9 Å². The van der Waals surface area contributed by atoms with Crippen LogP contribution < -0.4 is 11.1 Å². The topological polar surface area (TPSA) is 55.1 Å². The number of hydrogen-bond acceptors (Lipinski definition) is 2. The number of thiocarbonyl (C=S) groups is 1. The van der Waals surface area contributed by atoms with Crippen LogP contribution in [0.25, 0.3) is 0 Å². The Labute approximate surface area is 120 Å². The summed E-state index contributed by atoms with van der Waals surface area (Å²) >= 11 is 5.07. The highest BCUT2D eigenvalue weighted by Gasteiger charge is 2.37. The second kappa shape index (κ2) is 6.66. The van der Waals surface area contributed by atoms with Crippen LogP contribution >= 0.6 is 12.2 Å². The summed E-state index contributed by atoms with van der Waals surface area (Å²) in [7, 11) is 0. The maximum atomic E-state index is 12.3. The molecule has 1 amide bonds. The monoisotopic (exact) mass is 278 g/mol. The lowest BCUT2D eigenvalue weighted by Crippen LogP contribution is -2.48. The molecule has 0 aliphatic heterocycles. The Morgan fingerprint density at radius 3 is 2.21 bits per heavy atom. The van der Waals surface area contributed by atoms with Gasteiger partial charge < -0.3 is 11.1 Å². The van der Waals surface area contributed by atoms with Crippen LogP contribution in [-0.4, -0.2) is 10.9 Å². The molecule has 0 aromatic heterocycles. The van der Waals surface area contributed by atoms with Crippen molar-refractivity contribution in [3.63, 3.8) is 0 Å². The van der Waals surface area contributed by atoms with E-state index in [1.807, 2.05) is 45.0 Å². The van der Waals surface area contributed by atoms with E-state index >= 15 is 0 Å². The minimum absolute atomic E-state index is 0.0782. The van der Waals surface area contributed by atoms with Crippen LogP contribution in [0.5, 0.6) is 0 Å². The van der Waals surface area contributed by atoms with Crippen molar-refractivity contribution in [2.24, 2.45) is 11.1 Å². The second-order valence-corrected chi connectivity index (χ2v) is 5.26. The van der Waals surface area contributed by atoms with Gasteiger partial charge in [-0.3, -0.25) is 4.79 Å². The van der Waals surface area contributed by atoms with Crippen molar-refractivity contribution in [1.29, 1.82) is 0 Å². The summed E-state index contributed by atoms with van der Waals surface area (Å²) in [5, 5.41) is 2.94. The van der Waals surface area contributed by atoms with Crippen molar-refractivity contribution >= 4 is 23.1 Å². The summed E-state index contributed by atoms with van der Waals surface area (Å²) in [5.41, 5.74) is 7.31. The van der Waals surface area contributed by atoms with Gasteiger partial charge in [0.25, 0.3) is 0 Å². The number of carbonyl (C=O) groups is 1. The van der Waals surface area contributed by atoms with Crippen molar-refractivity contribution in [3.05, 3.63) is 35.4 Å². The Morgan fingerprint density at radius 2 is 1.79 bits per heavy atom. The van der Waals surface area contributed by atoms with Crippen molar-refractivity contribution in [2.75, 3.05) is 0 Å². The number of carbonyl (C=O) groups excluding carboxylic acids is 1. The summed E-state index contributed by atoms with van der Waals surface area (Å²) < 4.78 is 0. The summed E-state index contributed by atoms with van der Waals surface area (Å²) in [6.07, 6.45) is 1.25. The van der Waals surface area contributed by atoms with Gasteiger partial charge in [-0.1, -0.05) is 55.9 Å². The fourth-order valence-corrected chi connectivity index (χ4v) is 2.47. The Bertz CT molecular complexity index is 450. The Kier molecular flexibility index (Phi) is 5.48. The maximum absolute atomic E-state index is 12.3. The van der Waals surface area contributed by atoms with Gasteiger partial charge >= 0.3 is 0 Å².